The maximum absolute atomic E-state index is 12.2. The molecule has 0 bridgehead atoms. The van der Waals surface area contributed by atoms with Crippen LogP contribution in [0.3, 0.4) is 0 Å². The molecule has 1 aliphatic carbocycles. The van der Waals surface area contributed by atoms with E-state index in [4.69, 9.17) is 9.52 Å². The van der Waals surface area contributed by atoms with Gasteiger partial charge < -0.3 is 14.4 Å². The summed E-state index contributed by atoms with van der Waals surface area (Å²) in [6.07, 6.45) is 5.80. The third kappa shape index (κ3) is 3.84. The van der Waals surface area contributed by atoms with Gasteiger partial charge in [-0.05, 0) is 25.0 Å². The first-order valence-electron chi connectivity index (χ1n) is 6.70. The molecule has 0 spiro atoms. The van der Waals surface area contributed by atoms with Crippen LogP contribution in [0.15, 0.2) is 22.8 Å². The Morgan fingerprint density at radius 3 is 2.63 bits per heavy atom. The van der Waals surface area contributed by atoms with Crippen molar-refractivity contribution in [2.45, 2.75) is 51.1 Å². The molecule has 1 aliphatic rings. The molecule has 2 rings (SSSR count). The Labute approximate surface area is 112 Å². The number of hydrogen-bond donors (Lipinski definition) is 1. The van der Waals surface area contributed by atoms with Crippen LogP contribution < -0.4 is 0 Å². The molecule has 1 N–H and O–H groups in total. The third-order valence-corrected chi connectivity index (χ3v) is 3.54. The number of carbonyl (C=O) groups is 2. The number of nitrogens with zero attached hydrogens (tertiary/aromatic N) is 1. The number of hydrogen-bond acceptors (Lipinski definition) is 3. The van der Waals surface area contributed by atoms with Crippen molar-refractivity contribution in [3.05, 3.63) is 24.2 Å². The highest BCUT2D eigenvalue weighted by Gasteiger charge is 2.27. The SMILES string of the molecule is O=C(O)CCC(=O)N(Cc1ccco1)C1CCCC1. The van der Waals surface area contributed by atoms with Crippen LogP contribution in [0, 0.1) is 0 Å². The van der Waals surface area contributed by atoms with Gasteiger partial charge in [-0.15, -0.1) is 0 Å². The number of carboxylic acids is 1. The van der Waals surface area contributed by atoms with E-state index in [1.54, 1.807) is 17.2 Å². The van der Waals surface area contributed by atoms with Gasteiger partial charge in [0.05, 0.1) is 19.2 Å². The molecule has 1 amide bonds. The zero-order valence-corrected chi connectivity index (χ0v) is 10.9. The van der Waals surface area contributed by atoms with E-state index in [-0.39, 0.29) is 24.8 Å². The molecular formula is C14H19NO4. The summed E-state index contributed by atoms with van der Waals surface area (Å²) in [5.74, 6) is -0.279. The van der Waals surface area contributed by atoms with Crippen molar-refractivity contribution in [1.29, 1.82) is 0 Å². The fourth-order valence-corrected chi connectivity index (χ4v) is 2.56. The average Bonchev–Trinajstić information content (AvgIpc) is 3.05. The van der Waals surface area contributed by atoms with Crippen molar-refractivity contribution >= 4 is 11.9 Å². The first kappa shape index (κ1) is 13.6. The van der Waals surface area contributed by atoms with E-state index in [9.17, 15) is 9.59 Å². The lowest BCUT2D eigenvalue weighted by atomic mass is 10.1. The molecule has 1 heterocycles. The Balaban J connectivity index is 2.00. The number of carboxylic acid groups (broad SMARTS) is 1. The molecule has 1 aromatic heterocycles. The molecule has 1 aromatic rings. The van der Waals surface area contributed by atoms with E-state index in [1.165, 1.54) is 0 Å². The van der Waals surface area contributed by atoms with Gasteiger partial charge in [-0.2, -0.15) is 0 Å². The molecule has 0 atom stereocenters. The van der Waals surface area contributed by atoms with Gasteiger partial charge >= 0.3 is 5.97 Å². The third-order valence-electron chi connectivity index (χ3n) is 3.54. The Morgan fingerprint density at radius 2 is 2.05 bits per heavy atom. The summed E-state index contributed by atoms with van der Waals surface area (Å²) in [5, 5.41) is 8.68. The van der Waals surface area contributed by atoms with Crippen molar-refractivity contribution in [2.24, 2.45) is 0 Å². The second kappa shape index (κ2) is 6.41. The van der Waals surface area contributed by atoms with Crippen LogP contribution in [-0.2, 0) is 16.1 Å². The minimum Gasteiger partial charge on any atom is -0.481 e. The predicted octanol–water partition coefficient (Wildman–Crippen LogP) is 2.42. The minimum absolute atomic E-state index is 0.0620. The topological polar surface area (TPSA) is 70.8 Å². The van der Waals surface area contributed by atoms with E-state index < -0.39 is 5.97 Å². The molecule has 0 radical (unpaired) electrons. The fourth-order valence-electron chi connectivity index (χ4n) is 2.56. The van der Waals surface area contributed by atoms with Crippen molar-refractivity contribution in [2.75, 3.05) is 0 Å². The van der Waals surface area contributed by atoms with Gasteiger partial charge in [-0.3, -0.25) is 9.59 Å². The minimum atomic E-state index is -0.933. The second-order valence-corrected chi connectivity index (χ2v) is 4.93. The smallest absolute Gasteiger partial charge is 0.303 e. The van der Waals surface area contributed by atoms with Gasteiger partial charge in [0, 0.05) is 12.5 Å². The van der Waals surface area contributed by atoms with Gasteiger partial charge in [-0.25, -0.2) is 0 Å². The molecule has 19 heavy (non-hydrogen) atoms. The fraction of sp³-hybridized carbons (Fsp3) is 0.571. The standard InChI is InChI=1S/C14H19NO4/c16-13(7-8-14(17)18)15(11-4-1-2-5-11)10-12-6-3-9-19-12/h3,6,9,11H,1-2,4-5,7-8,10H2,(H,17,18). The maximum atomic E-state index is 12.2. The predicted molar refractivity (Wildman–Crippen MR) is 68.4 cm³/mol. The van der Waals surface area contributed by atoms with Crippen molar-refractivity contribution in [1.82, 2.24) is 4.90 Å². The maximum Gasteiger partial charge on any atom is 0.303 e. The molecule has 0 aromatic carbocycles. The number of rotatable bonds is 6. The van der Waals surface area contributed by atoms with E-state index in [0.29, 0.717) is 6.54 Å². The van der Waals surface area contributed by atoms with Crippen LogP contribution in [0.2, 0.25) is 0 Å². The molecule has 1 saturated carbocycles. The zero-order chi connectivity index (χ0) is 13.7. The van der Waals surface area contributed by atoms with Crippen LogP contribution in [0.25, 0.3) is 0 Å². The first-order valence-corrected chi connectivity index (χ1v) is 6.70. The number of furan rings is 1. The highest BCUT2D eigenvalue weighted by Crippen LogP contribution is 2.26. The molecule has 0 saturated heterocycles. The summed E-state index contributed by atoms with van der Waals surface area (Å²) >= 11 is 0. The Kier molecular flexibility index (Phi) is 4.60. The molecule has 0 aliphatic heterocycles. The lowest BCUT2D eigenvalue weighted by Crippen LogP contribution is -2.38. The van der Waals surface area contributed by atoms with Crippen LogP contribution in [-0.4, -0.2) is 27.9 Å². The quantitative estimate of drug-likeness (QED) is 0.857. The van der Waals surface area contributed by atoms with Crippen LogP contribution >= 0.6 is 0 Å². The lowest BCUT2D eigenvalue weighted by molar-refractivity contribution is -0.142. The van der Waals surface area contributed by atoms with Gasteiger partial charge in [0.15, 0.2) is 0 Å². The summed E-state index contributed by atoms with van der Waals surface area (Å²) in [7, 11) is 0. The summed E-state index contributed by atoms with van der Waals surface area (Å²) in [5.41, 5.74) is 0. The number of amides is 1. The molecular weight excluding hydrogens is 246 g/mol. The van der Waals surface area contributed by atoms with Gasteiger partial charge in [-0.1, -0.05) is 12.8 Å². The Hall–Kier alpha value is -1.78. The largest absolute Gasteiger partial charge is 0.481 e. The van der Waals surface area contributed by atoms with Gasteiger partial charge in [0.25, 0.3) is 0 Å². The second-order valence-electron chi connectivity index (χ2n) is 4.93. The normalized spacial score (nSPS) is 15.6. The average molecular weight is 265 g/mol. The highest BCUT2D eigenvalue weighted by molar-refractivity contribution is 5.81. The van der Waals surface area contributed by atoms with Gasteiger partial charge in [0.2, 0.25) is 5.91 Å². The molecule has 0 unspecified atom stereocenters. The molecule has 1 fully saturated rings. The molecule has 104 valence electrons. The summed E-state index contributed by atoms with van der Waals surface area (Å²) in [6.45, 7) is 0.441. The van der Waals surface area contributed by atoms with E-state index in [1.807, 2.05) is 6.07 Å². The molecule has 5 heteroatoms. The number of carbonyl (C=O) groups excluding carboxylic acids is 1. The Morgan fingerprint density at radius 1 is 1.32 bits per heavy atom. The summed E-state index contributed by atoms with van der Waals surface area (Å²) in [4.78, 5) is 24.5. The van der Waals surface area contributed by atoms with E-state index in [2.05, 4.69) is 0 Å². The van der Waals surface area contributed by atoms with Crippen LogP contribution in [0.4, 0.5) is 0 Å². The van der Waals surface area contributed by atoms with E-state index in [0.717, 1.165) is 31.4 Å². The van der Waals surface area contributed by atoms with Gasteiger partial charge in [0.1, 0.15) is 5.76 Å². The van der Waals surface area contributed by atoms with Crippen LogP contribution in [0.5, 0.6) is 0 Å². The summed E-state index contributed by atoms with van der Waals surface area (Å²) < 4.78 is 5.29. The summed E-state index contributed by atoms with van der Waals surface area (Å²) in [6, 6.07) is 3.86. The van der Waals surface area contributed by atoms with Crippen molar-refractivity contribution < 1.29 is 19.1 Å². The van der Waals surface area contributed by atoms with Crippen molar-refractivity contribution in [3.63, 3.8) is 0 Å². The highest BCUT2D eigenvalue weighted by atomic mass is 16.4. The Bertz CT molecular complexity index is 421. The monoisotopic (exact) mass is 265 g/mol. The number of aliphatic carboxylic acids is 1. The lowest BCUT2D eigenvalue weighted by Gasteiger charge is -2.28. The first-order chi connectivity index (χ1) is 9.16. The van der Waals surface area contributed by atoms with Crippen molar-refractivity contribution in [3.8, 4) is 0 Å². The van der Waals surface area contributed by atoms with Crippen LogP contribution in [0.1, 0.15) is 44.3 Å². The molecule has 5 nitrogen and oxygen atoms in total. The van der Waals surface area contributed by atoms with E-state index >= 15 is 0 Å². The zero-order valence-electron chi connectivity index (χ0n) is 10.9.